The zero-order valence-corrected chi connectivity index (χ0v) is 8.49. The van der Waals surface area contributed by atoms with Crippen LogP contribution in [0, 0.1) is 5.41 Å². The summed E-state index contributed by atoms with van der Waals surface area (Å²) < 4.78 is -0.992. The molecule has 0 amide bonds. The van der Waals surface area contributed by atoms with Crippen molar-refractivity contribution in [3.05, 3.63) is 35.4 Å². The summed E-state index contributed by atoms with van der Waals surface area (Å²) >= 11 is 12.0. The first-order valence-electron chi connectivity index (χ1n) is 4.12. The Bertz CT molecular complexity index is 358. The van der Waals surface area contributed by atoms with Gasteiger partial charge in [0, 0.05) is 18.6 Å². The standard InChI is InChI=1S/C10H9Cl2N/c11-10(12)6-8-4-2-1-3-7(8)5-9(10)13/h1-4,13H,5-6H2. The molecule has 1 aliphatic rings. The van der Waals surface area contributed by atoms with Crippen molar-refractivity contribution < 1.29 is 0 Å². The Balaban J connectivity index is 2.44. The number of hydrogen-bond acceptors (Lipinski definition) is 1. The number of benzene rings is 1. The van der Waals surface area contributed by atoms with Gasteiger partial charge in [-0.15, -0.1) is 0 Å². The van der Waals surface area contributed by atoms with Crippen LogP contribution in [-0.4, -0.2) is 10.0 Å². The Morgan fingerprint density at radius 1 is 1.15 bits per heavy atom. The van der Waals surface area contributed by atoms with Crippen LogP contribution in [0.25, 0.3) is 0 Å². The van der Waals surface area contributed by atoms with Gasteiger partial charge in [-0.25, -0.2) is 0 Å². The van der Waals surface area contributed by atoms with E-state index in [1.807, 2.05) is 24.3 Å². The van der Waals surface area contributed by atoms with Crippen LogP contribution in [-0.2, 0) is 12.8 Å². The third kappa shape index (κ3) is 1.59. The van der Waals surface area contributed by atoms with Crippen molar-refractivity contribution in [1.29, 1.82) is 5.41 Å². The Hall–Kier alpha value is -0.530. The molecule has 1 aromatic carbocycles. The van der Waals surface area contributed by atoms with Crippen molar-refractivity contribution in [1.82, 2.24) is 0 Å². The summed E-state index contributed by atoms with van der Waals surface area (Å²) in [7, 11) is 0. The summed E-state index contributed by atoms with van der Waals surface area (Å²) in [5.74, 6) is 0. The van der Waals surface area contributed by atoms with E-state index in [1.54, 1.807) is 0 Å². The zero-order chi connectivity index (χ0) is 9.47. The normalized spacial score (nSPS) is 19.7. The molecule has 1 aliphatic carbocycles. The maximum Gasteiger partial charge on any atom is 0.159 e. The second kappa shape index (κ2) is 3.00. The number of halogens is 2. The van der Waals surface area contributed by atoms with Crippen LogP contribution in [0.5, 0.6) is 0 Å². The number of alkyl halides is 2. The monoisotopic (exact) mass is 213 g/mol. The van der Waals surface area contributed by atoms with E-state index in [2.05, 4.69) is 0 Å². The molecule has 3 heteroatoms. The second-order valence-corrected chi connectivity index (χ2v) is 4.79. The maximum absolute atomic E-state index is 7.66. The van der Waals surface area contributed by atoms with Gasteiger partial charge in [0.2, 0.25) is 0 Å². The molecule has 0 atom stereocenters. The van der Waals surface area contributed by atoms with Gasteiger partial charge in [-0.2, -0.15) is 0 Å². The minimum absolute atomic E-state index is 0.398. The van der Waals surface area contributed by atoms with Gasteiger partial charge >= 0.3 is 0 Å². The van der Waals surface area contributed by atoms with Gasteiger partial charge in [0.1, 0.15) is 0 Å². The lowest BCUT2D eigenvalue weighted by molar-refractivity contribution is 0.890. The van der Waals surface area contributed by atoms with Crippen LogP contribution in [0.1, 0.15) is 11.1 Å². The highest BCUT2D eigenvalue weighted by molar-refractivity contribution is 6.59. The Morgan fingerprint density at radius 3 is 2.46 bits per heavy atom. The predicted molar refractivity (Wildman–Crippen MR) is 56.0 cm³/mol. The van der Waals surface area contributed by atoms with E-state index >= 15 is 0 Å². The molecule has 0 bridgehead atoms. The second-order valence-electron chi connectivity index (χ2n) is 3.31. The Labute approximate surface area is 87.2 Å². The molecule has 0 saturated heterocycles. The fourth-order valence-electron chi connectivity index (χ4n) is 1.57. The van der Waals surface area contributed by atoms with E-state index in [4.69, 9.17) is 28.6 Å². The number of fused-ring (bicyclic) bond motifs is 1. The fraction of sp³-hybridized carbons (Fsp3) is 0.300. The van der Waals surface area contributed by atoms with Crippen LogP contribution >= 0.6 is 23.2 Å². The molecule has 0 unspecified atom stereocenters. The molecule has 1 aromatic rings. The molecule has 1 nitrogen and oxygen atoms in total. The van der Waals surface area contributed by atoms with Gasteiger partial charge in [-0.05, 0) is 11.1 Å². The molecule has 0 spiro atoms. The molecule has 0 radical (unpaired) electrons. The van der Waals surface area contributed by atoms with Crippen molar-refractivity contribution in [2.45, 2.75) is 17.2 Å². The smallest absolute Gasteiger partial charge is 0.159 e. The molecular formula is C10H9Cl2N. The lowest BCUT2D eigenvalue weighted by atomic mass is 9.90. The van der Waals surface area contributed by atoms with Gasteiger partial charge < -0.3 is 5.41 Å². The fourth-order valence-corrected chi connectivity index (χ4v) is 1.99. The third-order valence-electron chi connectivity index (χ3n) is 2.34. The molecule has 0 aliphatic heterocycles. The van der Waals surface area contributed by atoms with Crippen LogP contribution in [0.15, 0.2) is 24.3 Å². The van der Waals surface area contributed by atoms with E-state index in [9.17, 15) is 0 Å². The quantitative estimate of drug-likeness (QED) is 0.642. The van der Waals surface area contributed by atoms with Gasteiger partial charge in [-0.1, -0.05) is 47.5 Å². The molecule has 68 valence electrons. The van der Waals surface area contributed by atoms with Crippen molar-refractivity contribution in [2.75, 3.05) is 0 Å². The van der Waals surface area contributed by atoms with Crippen LogP contribution in [0.4, 0.5) is 0 Å². The van der Waals surface area contributed by atoms with Crippen LogP contribution in [0.3, 0.4) is 0 Å². The average molecular weight is 214 g/mol. The zero-order valence-electron chi connectivity index (χ0n) is 6.98. The van der Waals surface area contributed by atoms with Crippen molar-refractivity contribution in [2.24, 2.45) is 0 Å². The molecular weight excluding hydrogens is 205 g/mol. The van der Waals surface area contributed by atoms with Gasteiger partial charge in [0.05, 0.1) is 0 Å². The summed E-state index contributed by atoms with van der Waals surface area (Å²) in [5, 5.41) is 7.66. The van der Waals surface area contributed by atoms with Gasteiger partial charge in [0.25, 0.3) is 0 Å². The highest BCUT2D eigenvalue weighted by Gasteiger charge is 2.34. The summed E-state index contributed by atoms with van der Waals surface area (Å²) in [6, 6.07) is 7.98. The van der Waals surface area contributed by atoms with E-state index in [0.29, 0.717) is 18.6 Å². The topological polar surface area (TPSA) is 23.9 Å². The van der Waals surface area contributed by atoms with Crippen molar-refractivity contribution in [3.63, 3.8) is 0 Å². The lowest BCUT2D eigenvalue weighted by Crippen LogP contribution is -2.34. The Kier molecular flexibility index (Phi) is 2.09. The van der Waals surface area contributed by atoms with Gasteiger partial charge in [0.15, 0.2) is 4.33 Å². The van der Waals surface area contributed by atoms with Crippen LogP contribution in [0.2, 0.25) is 0 Å². The van der Waals surface area contributed by atoms with Crippen LogP contribution < -0.4 is 0 Å². The lowest BCUT2D eigenvalue weighted by Gasteiger charge is -2.27. The average Bonchev–Trinajstić information content (AvgIpc) is 2.06. The third-order valence-corrected chi connectivity index (χ3v) is 3.06. The van der Waals surface area contributed by atoms with E-state index in [1.165, 1.54) is 5.56 Å². The highest BCUT2D eigenvalue weighted by Crippen LogP contribution is 2.34. The van der Waals surface area contributed by atoms with Crippen molar-refractivity contribution >= 4 is 28.9 Å². The molecule has 2 rings (SSSR count). The molecule has 0 aromatic heterocycles. The minimum Gasteiger partial charge on any atom is -0.306 e. The van der Waals surface area contributed by atoms with E-state index < -0.39 is 4.33 Å². The number of nitrogens with one attached hydrogen (secondary N) is 1. The van der Waals surface area contributed by atoms with E-state index in [0.717, 1.165) is 5.56 Å². The summed E-state index contributed by atoms with van der Waals surface area (Å²) in [6.45, 7) is 0. The molecule has 0 heterocycles. The first-order chi connectivity index (χ1) is 6.09. The highest BCUT2D eigenvalue weighted by atomic mass is 35.5. The van der Waals surface area contributed by atoms with Crippen molar-refractivity contribution in [3.8, 4) is 0 Å². The first kappa shape index (κ1) is 9.04. The largest absolute Gasteiger partial charge is 0.306 e. The Morgan fingerprint density at radius 2 is 1.77 bits per heavy atom. The number of rotatable bonds is 0. The molecule has 13 heavy (non-hydrogen) atoms. The van der Waals surface area contributed by atoms with Gasteiger partial charge in [-0.3, -0.25) is 0 Å². The summed E-state index contributed by atoms with van der Waals surface area (Å²) in [5.41, 5.74) is 2.72. The first-order valence-corrected chi connectivity index (χ1v) is 4.88. The predicted octanol–water partition coefficient (Wildman–Crippen LogP) is 2.98. The SMILES string of the molecule is N=C1Cc2ccccc2CC1(Cl)Cl. The summed E-state index contributed by atoms with van der Waals surface area (Å²) in [4.78, 5) is 0. The minimum atomic E-state index is -0.992. The maximum atomic E-state index is 7.66. The molecule has 1 N–H and O–H groups in total. The summed E-state index contributed by atoms with van der Waals surface area (Å²) in [6.07, 6.45) is 1.12. The van der Waals surface area contributed by atoms with E-state index in [-0.39, 0.29) is 0 Å². The number of hydrogen-bond donors (Lipinski definition) is 1. The molecule has 0 saturated carbocycles. The molecule has 0 fully saturated rings.